The van der Waals surface area contributed by atoms with Gasteiger partial charge in [0.15, 0.2) is 4.80 Å². The molecule has 0 aromatic carbocycles. The second-order valence-corrected chi connectivity index (χ2v) is 6.10. The van der Waals surface area contributed by atoms with E-state index in [1.165, 1.54) is 22.7 Å². The summed E-state index contributed by atoms with van der Waals surface area (Å²) in [5, 5.41) is 4.66. The molecule has 0 N–H and O–H groups in total. The maximum atomic E-state index is 12.0. The van der Waals surface area contributed by atoms with Crippen LogP contribution in [0.15, 0.2) is 46.5 Å². The van der Waals surface area contributed by atoms with Crippen molar-refractivity contribution in [3.63, 3.8) is 0 Å². The Balaban J connectivity index is 1.76. The van der Waals surface area contributed by atoms with E-state index < -0.39 is 0 Å². The highest BCUT2D eigenvalue weighted by Gasteiger charge is 2.08. The number of thiazole rings is 2. The van der Waals surface area contributed by atoms with Crippen molar-refractivity contribution in [2.75, 3.05) is 0 Å². The number of aromatic nitrogens is 3. The standard InChI is InChI=1S/C14H12N4OS2/c1-18-5-6-20-14(18)17-12(19)7-11-9-21-13(16-11)10-3-2-4-15-8-10/h2-6,8-9H,7H2,1H3. The smallest absolute Gasteiger partial charge is 0.254 e. The fourth-order valence-electron chi connectivity index (χ4n) is 1.75. The molecule has 0 fully saturated rings. The normalized spacial score (nSPS) is 11.8. The summed E-state index contributed by atoms with van der Waals surface area (Å²) in [4.78, 5) is 25.3. The third kappa shape index (κ3) is 3.32. The fraction of sp³-hybridized carbons (Fsp3) is 0.143. The molecule has 0 unspecified atom stereocenters. The lowest BCUT2D eigenvalue weighted by atomic mass is 10.3. The van der Waals surface area contributed by atoms with Crippen LogP contribution in [0, 0.1) is 0 Å². The van der Waals surface area contributed by atoms with E-state index in [2.05, 4.69) is 15.0 Å². The summed E-state index contributed by atoms with van der Waals surface area (Å²) < 4.78 is 1.82. The molecule has 3 aromatic heterocycles. The number of nitrogens with zero attached hydrogens (tertiary/aromatic N) is 4. The van der Waals surface area contributed by atoms with Crippen molar-refractivity contribution in [1.82, 2.24) is 14.5 Å². The molecule has 7 heteroatoms. The van der Waals surface area contributed by atoms with Gasteiger partial charge in [-0.1, -0.05) is 0 Å². The third-order valence-electron chi connectivity index (χ3n) is 2.77. The first-order valence-corrected chi connectivity index (χ1v) is 8.01. The van der Waals surface area contributed by atoms with Crippen LogP contribution in [0.3, 0.4) is 0 Å². The van der Waals surface area contributed by atoms with Gasteiger partial charge in [0.05, 0.1) is 12.1 Å². The molecule has 0 radical (unpaired) electrons. The first kappa shape index (κ1) is 13.8. The first-order chi connectivity index (χ1) is 10.2. The van der Waals surface area contributed by atoms with Gasteiger partial charge in [0.25, 0.3) is 5.91 Å². The van der Waals surface area contributed by atoms with Crippen LogP contribution >= 0.6 is 22.7 Å². The largest absolute Gasteiger partial charge is 0.327 e. The highest BCUT2D eigenvalue weighted by atomic mass is 32.1. The number of hydrogen-bond donors (Lipinski definition) is 0. The summed E-state index contributed by atoms with van der Waals surface area (Å²) in [6.07, 6.45) is 5.58. The van der Waals surface area contributed by atoms with Gasteiger partial charge in [-0.15, -0.1) is 22.7 Å². The summed E-state index contributed by atoms with van der Waals surface area (Å²) in [6, 6.07) is 3.82. The number of pyridine rings is 1. The number of carbonyl (C=O) groups excluding carboxylic acids is 1. The van der Waals surface area contributed by atoms with E-state index in [4.69, 9.17) is 0 Å². The van der Waals surface area contributed by atoms with Crippen molar-refractivity contribution in [2.45, 2.75) is 6.42 Å². The van der Waals surface area contributed by atoms with E-state index in [0.29, 0.717) is 4.80 Å². The number of hydrogen-bond acceptors (Lipinski definition) is 5. The van der Waals surface area contributed by atoms with E-state index in [-0.39, 0.29) is 12.3 Å². The van der Waals surface area contributed by atoms with Crippen molar-refractivity contribution >= 4 is 28.6 Å². The summed E-state index contributed by atoms with van der Waals surface area (Å²) in [5.74, 6) is -0.184. The molecule has 0 aliphatic rings. The maximum Gasteiger partial charge on any atom is 0.254 e. The van der Waals surface area contributed by atoms with Crippen LogP contribution in [0.1, 0.15) is 5.69 Å². The van der Waals surface area contributed by atoms with Crippen molar-refractivity contribution in [3.8, 4) is 10.6 Å². The Kier molecular flexibility index (Phi) is 4.03. The Hall–Kier alpha value is -2.12. The summed E-state index contributed by atoms with van der Waals surface area (Å²) in [5.41, 5.74) is 1.70. The van der Waals surface area contributed by atoms with Crippen LogP contribution < -0.4 is 4.80 Å². The van der Waals surface area contributed by atoms with Gasteiger partial charge in [0, 0.05) is 42.0 Å². The molecule has 3 heterocycles. The lowest BCUT2D eigenvalue weighted by Gasteiger charge is -1.94. The highest BCUT2D eigenvalue weighted by Crippen LogP contribution is 2.22. The molecule has 0 saturated carbocycles. The van der Waals surface area contributed by atoms with E-state index in [0.717, 1.165) is 16.3 Å². The molecule has 3 aromatic rings. The molecule has 0 atom stereocenters. The lowest BCUT2D eigenvalue weighted by molar-refractivity contribution is -0.117. The highest BCUT2D eigenvalue weighted by molar-refractivity contribution is 7.13. The molecule has 106 valence electrons. The Labute approximate surface area is 129 Å². The van der Waals surface area contributed by atoms with Crippen LogP contribution in [0.5, 0.6) is 0 Å². The van der Waals surface area contributed by atoms with E-state index in [9.17, 15) is 4.79 Å². The van der Waals surface area contributed by atoms with Crippen molar-refractivity contribution in [2.24, 2.45) is 12.0 Å². The average molecular weight is 316 g/mol. The van der Waals surface area contributed by atoms with Gasteiger partial charge in [-0.05, 0) is 12.1 Å². The van der Waals surface area contributed by atoms with E-state index >= 15 is 0 Å². The lowest BCUT2D eigenvalue weighted by Crippen LogP contribution is -2.13. The maximum absolute atomic E-state index is 12.0. The zero-order valence-electron chi connectivity index (χ0n) is 11.3. The zero-order valence-corrected chi connectivity index (χ0v) is 12.9. The monoisotopic (exact) mass is 316 g/mol. The van der Waals surface area contributed by atoms with Gasteiger partial charge >= 0.3 is 0 Å². The summed E-state index contributed by atoms with van der Waals surface area (Å²) in [7, 11) is 1.87. The third-order valence-corrected chi connectivity index (χ3v) is 4.56. The SMILES string of the molecule is Cn1ccsc1=NC(=O)Cc1csc(-c2cccnc2)n1. The molecule has 0 aliphatic carbocycles. The zero-order chi connectivity index (χ0) is 14.7. The van der Waals surface area contributed by atoms with Crippen LogP contribution in [-0.2, 0) is 18.3 Å². The number of carbonyl (C=O) groups is 1. The minimum atomic E-state index is -0.184. The first-order valence-electron chi connectivity index (χ1n) is 6.25. The van der Waals surface area contributed by atoms with Crippen LogP contribution in [0.25, 0.3) is 10.6 Å². The second kappa shape index (κ2) is 6.11. The predicted molar refractivity (Wildman–Crippen MR) is 82.9 cm³/mol. The van der Waals surface area contributed by atoms with Crippen LogP contribution in [0.2, 0.25) is 0 Å². The van der Waals surface area contributed by atoms with Gasteiger partial charge in [-0.25, -0.2) is 4.98 Å². The van der Waals surface area contributed by atoms with Crippen LogP contribution in [-0.4, -0.2) is 20.4 Å². The van der Waals surface area contributed by atoms with Crippen molar-refractivity contribution < 1.29 is 4.79 Å². The Morgan fingerprint density at radius 2 is 2.33 bits per heavy atom. The van der Waals surface area contributed by atoms with E-state index in [1.807, 2.05) is 40.7 Å². The average Bonchev–Trinajstić information content (AvgIpc) is 3.10. The van der Waals surface area contributed by atoms with Gasteiger partial charge in [0.2, 0.25) is 0 Å². The van der Waals surface area contributed by atoms with Gasteiger partial charge in [-0.3, -0.25) is 9.78 Å². The van der Waals surface area contributed by atoms with Gasteiger partial charge in [0.1, 0.15) is 5.01 Å². The second-order valence-electron chi connectivity index (χ2n) is 4.36. The molecule has 3 rings (SSSR count). The Bertz CT molecular complexity index is 817. The number of amides is 1. The molecule has 21 heavy (non-hydrogen) atoms. The number of aryl methyl sites for hydroxylation is 1. The summed E-state index contributed by atoms with van der Waals surface area (Å²) >= 11 is 2.95. The molecular formula is C14H12N4OS2. The Morgan fingerprint density at radius 3 is 3.05 bits per heavy atom. The van der Waals surface area contributed by atoms with Crippen LogP contribution in [0.4, 0.5) is 0 Å². The van der Waals surface area contributed by atoms with Gasteiger partial charge in [-0.2, -0.15) is 4.99 Å². The quantitative estimate of drug-likeness (QED) is 0.745. The molecular weight excluding hydrogens is 304 g/mol. The molecule has 0 spiro atoms. The molecule has 0 saturated heterocycles. The molecule has 1 amide bonds. The topological polar surface area (TPSA) is 60.1 Å². The van der Waals surface area contributed by atoms with Gasteiger partial charge < -0.3 is 4.57 Å². The number of rotatable bonds is 3. The molecule has 0 bridgehead atoms. The molecule has 0 aliphatic heterocycles. The molecule has 5 nitrogen and oxygen atoms in total. The van der Waals surface area contributed by atoms with Crippen molar-refractivity contribution in [3.05, 3.63) is 52.0 Å². The summed E-state index contributed by atoms with van der Waals surface area (Å²) in [6.45, 7) is 0. The van der Waals surface area contributed by atoms with Crippen molar-refractivity contribution in [1.29, 1.82) is 0 Å². The van der Waals surface area contributed by atoms with E-state index in [1.54, 1.807) is 12.4 Å². The predicted octanol–water partition coefficient (Wildman–Crippen LogP) is 2.28. The minimum Gasteiger partial charge on any atom is -0.327 e. The fourth-order valence-corrected chi connectivity index (χ4v) is 3.30. The minimum absolute atomic E-state index is 0.184. The Morgan fingerprint density at radius 1 is 1.43 bits per heavy atom.